The molecule has 3 aromatic carbocycles. The number of nitrogens with zero attached hydrogens (tertiary/aromatic N) is 2. The summed E-state index contributed by atoms with van der Waals surface area (Å²) in [6, 6.07) is 19.8. The van der Waals surface area contributed by atoms with Gasteiger partial charge in [0.05, 0.1) is 6.04 Å². The molecule has 0 saturated carbocycles. The summed E-state index contributed by atoms with van der Waals surface area (Å²) in [6.07, 6.45) is 1.92. The molecule has 1 N–H and O–H groups in total. The molecular formula is C26H25F2N3. The number of H-pyrrole nitrogens is 1. The minimum atomic E-state index is -0.282. The summed E-state index contributed by atoms with van der Waals surface area (Å²) in [7, 11) is 2.10. The molecule has 1 aliphatic heterocycles. The molecule has 1 fully saturated rings. The van der Waals surface area contributed by atoms with Gasteiger partial charge in [-0.25, -0.2) is 8.78 Å². The molecule has 0 spiro atoms. The van der Waals surface area contributed by atoms with E-state index in [4.69, 9.17) is 0 Å². The molecule has 3 nitrogen and oxygen atoms in total. The van der Waals surface area contributed by atoms with Crippen molar-refractivity contribution in [3.05, 3.63) is 95.7 Å². The highest BCUT2D eigenvalue weighted by Crippen LogP contribution is 2.34. The van der Waals surface area contributed by atoms with E-state index < -0.39 is 0 Å². The highest BCUT2D eigenvalue weighted by atomic mass is 19.1. The van der Waals surface area contributed by atoms with Gasteiger partial charge in [0.1, 0.15) is 11.6 Å². The lowest BCUT2D eigenvalue weighted by molar-refractivity contribution is 0.125. The third-order valence-corrected chi connectivity index (χ3v) is 6.27. The molecule has 1 aromatic heterocycles. The highest BCUT2D eigenvalue weighted by Gasteiger charge is 2.28. The largest absolute Gasteiger partial charge is 0.361 e. The quantitative estimate of drug-likeness (QED) is 0.477. The van der Waals surface area contributed by atoms with Crippen LogP contribution >= 0.6 is 0 Å². The van der Waals surface area contributed by atoms with E-state index >= 15 is 4.39 Å². The Kier molecular flexibility index (Phi) is 5.30. The van der Waals surface area contributed by atoms with Crippen LogP contribution in [0.3, 0.4) is 0 Å². The smallest absolute Gasteiger partial charge is 0.128 e. The molecule has 31 heavy (non-hydrogen) atoms. The van der Waals surface area contributed by atoms with Gasteiger partial charge >= 0.3 is 0 Å². The van der Waals surface area contributed by atoms with E-state index in [2.05, 4.69) is 34.0 Å². The topological polar surface area (TPSA) is 22.3 Å². The molecule has 1 saturated heterocycles. The van der Waals surface area contributed by atoms with Gasteiger partial charge < -0.3 is 9.88 Å². The number of fused-ring (bicyclic) bond motifs is 1. The van der Waals surface area contributed by atoms with Gasteiger partial charge in [-0.1, -0.05) is 24.3 Å². The minimum absolute atomic E-state index is 0.236. The van der Waals surface area contributed by atoms with Gasteiger partial charge in [-0.3, -0.25) is 4.90 Å². The minimum Gasteiger partial charge on any atom is -0.361 e. The number of likely N-dealkylation sites (N-methyl/N-ethyl adjacent to an activating group) is 1. The summed E-state index contributed by atoms with van der Waals surface area (Å²) >= 11 is 0. The summed E-state index contributed by atoms with van der Waals surface area (Å²) in [5.74, 6) is -0.519. The van der Waals surface area contributed by atoms with E-state index in [9.17, 15) is 4.39 Å². The Morgan fingerprint density at radius 2 is 1.52 bits per heavy atom. The molecule has 0 aliphatic carbocycles. The van der Waals surface area contributed by atoms with Gasteiger partial charge in [-0.2, -0.15) is 0 Å². The van der Waals surface area contributed by atoms with Crippen LogP contribution in [0.15, 0.2) is 72.9 Å². The first kappa shape index (κ1) is 19.9. The summed E-state index contributed by atoms with van der Waals surface area (Å²) in [5.41, 5.74) is 4.63. The van der Waals surface area contributed by atoms with E-state index in [1.807, 2.05) is 30.5 Å². The van der Waals surface area contributed by atoms with Gasteiger partial charge in [0.25, 0.3) is 0 Å². The first-order valence-corrected chi connectivity index (χ1v) is 10.6. The van der Waals surface area contributed by atoms with Crippen molar-refractivity contribution < 1.29 is 8.78 Å². The SMILES string of the molecule is CN1CCN(C(c2ccc(F)cc2)c2cc(-c3ccc4[nH]ccc4c3)ccc2F)CC1. The van der Waals surface area contributed by atoms with Crippen molar-refractivity contribution in [1.82, 2.24) is 14.8 Å². The van der Waals surface area contributed by atoms with E-state index in [0.29, 0.717) is 5.56 Å². The number of halogens is 2. The average molecular weight is 418 g/mol. The number of aromatic amines is 1. The third-order valence-electron chi connectivity index (χ3n) is 6.27. The molecule has 1 aliphatic rings. The van der Waals surface area contributed by atoms with E-state index in [-0.39, 0.29) is 17.7 Å². The van der Waals surface area contributed by atoms with Crippen LogP contribution in [-0.4, -0.2) is 48.0 Å². The number of hydrogen-bond acceptors (Lipinski definition) is 2. The molecule has 5 rings (SSSR count). The van der Waals surface area contributed by atoms with Crippen molar-refractivity contribution >= 4 is 10.9 Å². The van der Waals surface area contributed by atoms with Crippen molar-refractivity contribution in [2.75, 3.05) is 33.2 Å². The number of nitrogens with one attached hydrogen (secondary N) is 1. The predicted octanol–water partition coefficient (Wildman–Crippen LogP) is 5.45. The number of rotatable bonds is 4. The second kappa shape index (κ2) is 8.25. The zero-order valence-electron chi connectivity index (χ0n) is 17.5. The van der Waals surface area contributed by atoms with Crippen LogP contribution in [0.25, 0.3) is 22.0 Å². The standard InChI is InChI=1S/C26H25F2N3/c1-30-12-14-31(15-13-30)26(18-2-6-22(27)7-3-18)23-17-20(4-8-24(23)28)19-5-9-25-21(16-19)10-11-29-25/h2-11,16-17,26,29H,12-15H2,1H3. The number of piperazine rings is 1. The molecule has 1 atom stereocenters. The molecule has 158 valence electrons. The monoisotopic (exact) mass is 417 g/mol. The normalized spacial score (nSPS) is 16.6. The zero-order valence-corrected chi connectivity index (χ0v) is 17.5. The Bertz CT molecular complexity index is 1190. The fourth-order valence-electron chi connectivity index (χ4n) is 4.48. The first-order chi connectivity index (χ1) is 15.1. The highest BCUT2D eigenvalue weighted by molar-refractivity contribution is 5.85. The molecule has 1 unspecified atom stereocenters. The van der Waals surface area contributed by atoms with Crippen LogP contribution in [0.4, 0.5) is 8.78 Å². The van der Waals surface area contributed by atoms with Crippen molar-refractivity contribution in [3.63, 3.8) is 0 Å². The maximum absolute atomic E-state index is 15.2. The fraction of sp³-hybridized carbons (Fsp3) is 0.231. The molecule has 0 radical (unpaired) electrons. The van der Waals surface area contributed by atoms with Crippen molar-refractivity contribution in [2.24, 2.45) is 0 Å². The number of aromatic nitrogens is 1. The molecular weight excluding hydrogens is 392 g/mol. The van der Waals surface area contributed by atoms with E-state index in [1.165, 1.54) is 12.1 Å². The molecule has 4 aromatic rings. The van der Waals surface area contributed by atoms with Crippen molar-refractivity contribution in [2.45, 2.75) is 6.04 Å². The van der Waals surface area contributed by atoms with E-state index in [1.54, 1.807) is 18.2 Å². The maximum atomic E-state index is 15.2. The van der Waals surface area contributed by atoms with Crippen LogP contribution in [-0.2, 0) is 0 Å². The second-order valence-corrected chi connectivity index (χ2v) is 8.31. The first-order valence-electron chi connectivity index (χ1n) is 10.6. The van der Waals surface area contributed by atoms with Gasteiger partial charge in [-0.15, -0.1) is 0 Å². The Morgan fingerprint density at radius 1 is 0.806 bits per heavy atom. The van der Waals surface area contributed by atoms with E-state index in [0.717, 1.165) is 53.8 Å². The number of benzene rings is 3. The summed E-state index contributed by atoms with van der Waals surface area (Å²) in [5, 5.41) is 1.12. The van der Waals surface area contributed by atoms with Crippen LogP contribution in [0, 0.1) is 11.6 Å². The molecule has 0 amide bonds. The zero-order chi connectivity index (χ0) is 21.4. The van der Waals surface area contributed by atoms with Crippen molar-refractivity contribution in [3.8, 4) is 11.1 Å². The van der Waals surface area contributed by atoms with Crippen LogP contribution in [0.2, 0.25) is 0 Å². The number of hydrogen-bond donors (Lipinski definition) is 1. The average Bonchev–Trinajstić information content (AvgIpc) is 3.26. The Morgan fingerprint density at radius 3 is 2.29 bits per heavy atom. The Hall–Kier alpha value is -3.02. The Balaban J connectivity index is 1.59. The van der Waals surface area contributed by atoms with Crippen LogP contribution < -0.4 is 0 Å². The second-order valence-electron chi connectivity index (χ2n) is 8.31. The fourth-order valence-corrected chi connectivity index (χ4v) is 4.48. The summed E-state index contributed by atoms with van der Waals surface area (Å²) in [4.78, 5) is 7.78. The van der Waals surface area contributed by atoms with Gasteiger partial charge in [0.2, 0.25) is 0 Å². The lowest BCUT2D eigenvalue weighted by atomic mass is 9.92. The molecule has 2 heterocycles. The summed E-state index contributed by atoms with van der Waals surface area (Å²) in [6.45, 7) is 3.50. The molecule has 0 bridgehead atoms. The molecule has 5 heteroatoms. The predicted molar refractivity (Wildman–Crippen MR) is 121 cm³/mol. The van der Waals surface area contributed by atoms with Crippen molar-refractivity contribution in [1.29, 1.82) is 0 Å². The maximum Gasteiger partial charge on any atom is 0.128 e. The van der Waals surface area contributed by atoms with Gasteiger partial charge in [-0.05, 0) is 71.6 Å². The van der Waals surface area contributed by atoms with Crippen LogP contribution in [0.1, 0.15) is 17.2 Å². The Labute approximate surface area is 180 Å². The lowest BCUT2D eigenvalue weighted by Crippen LogP contribution is -2.46. The third kappa shape index (κ3) is 3.99. The van der Waals surface area contributed by atoms with Gasteiger partial charge in [0, 0.05) is 43.5 Å². The van der Waals surface area contributed by atoms with Crippen LogP contribution in [0.5, 0.6) is 0 Å². The van der Waals surface area contributed by atoms with Gasteiger partial charge in [0.15, 0.2) is 0 Å². The summed E-state index contributed by atoms with van der Waals surface area (Å²) < 4.78 is 28.8. The lowest BCUT2D eigenvalue weighted by Gasteiger charge is -2.38.